The van der Waals surface area contributed by atoms with Crippen molar-refractivity contribution in [3.63, 3.8) is 0 Å². The summed E-state index contributed by atoms with van der Waals surface area (Å²) in [4.78, 5) is 0. The van der Waals surface area contributed by atoms with Crippen molar-refractivity contribution in [1.82, 2.24) is 0 Å². The maximum absolute atomic E-state index is 5.47. The van der Waals surface area contributed by atoms with E-state index in [0.717, 1.165) is 11.3 Å². The van der Waals surface area contributed by atoms with Crippen LogP contribution in [0, 0.1) is 0 Å². The molecular weight excluding hydrogens is 320 g/mol. The molecule has 2 aromatic rings. The highest BCUT2D eigenvalue weighted by Crippen LogP contribution is 2.47. The lowest BCUT2D eigenvalue weighted by Crippen LogP contribution is -2.33. The van der Waals surface area contributed by atoms with Crippen LogP contribution in [0.3, 0.4) is 0 Å². The van der Waals surface area contributed by atoms with Gasteiger partial charge in [0, 0.05) is 0 Å². The van der Waals surface area contributed by atoms with Gasteiger partial charge in [0.2, 0.25) is 0 Å². The molecule has 3 rings (SSSR count). The van der Waals surface area contributed by atoms with Crippen LogP contribution in [0.4, 0.5) is 0 Å². The molecule has 1 aliphatic carbocycles. The minimum atomic E-state index is 0.197. The molecule has 2 aromatic carbocycles. The van der Waals surface area contributed by atoms with E-state index in [9.17, 15) is 0 Å². The summed E-state index contributed by atoms with van der Waals surface area (Å²) in [5, 5.41) is 0. The maximum Gasteiger partial charge on any atom is 0.119 e. The summed E-state index contributed by atoms with van der Waals surface area (Å²) in [5.74, 6) is 0.867. The van der Waals surface area contributed by atoms with Crippen LogP contribution in [0.5, 0.6) is 5.75 Å². The number of rotatable bonds is 4. The molecule has 0 aromatic heterocycles. The van der Waals surface area contributed by atoms with Crippen molar-refractivity contribution in [2.45, 2.75) is 51.4 Å². The van der Waals surface area contributed by atoms with Crippen LogP contribution in [0.15, 0.2) is 42.7 Å². The summed E-state index contributed by atoms with van der Waals surface area (Å²) in [6.45, 7) is 9.45. The number of methoxy groups -OCH3 is 2. The van der Waals surface area contributed by atoms with E-state index in [1.165, 1.54) is 35.1 Å². The molecule has 26 heavy (non-hydrogen) atoms. The van der Waals surface area contributed by atoms with E-state index in [4.69, 9.17) is 9.47 Å². The Morgan fingerprint density at radius 3 is 2.19 bits per heavy atom. The van der Waals surface area contributed by atoms with Gasteiger partial charge in [-0.2, -0.15) is 0 Å². The van der Waals surface area contributed by atoms with Gasteiger partial charge in [-0.05, 0) is 69.7 Å². The fourth-order valence-electron chi connectivity index (χ4n) is 3.96. The third-order valence-electron chi connectivity index (χ3n) is 5.81. The highest BCUT2D eigenvalue weighted by atomic mass is 16.5. The van der Waals surface area contributed by atoms with E-state index in [1.807, 2.05) is 12.1 Å². The van der Waals surface area contributed by atoms with Gasteiger partial charge in [-0.15, -0.1) is 0 Å². The van der Waals surface area contributed by atoms with Crippen LogP contribution in [0.25, 0.3) is 17.2 Å². The first-order chi connectivity index (χ1) is 12.3. The van der Waals surface area contributed by atoms with E-state index < -0.39 is 0 Å². The molecule has 0 atom stereocenters. The molecule has 138 valence electrons. The topological polar surface area (TPSA) is 18.5 Å². The molecule has 0 fully saturated rings. The zero-order valence-electron chi connectivity index (χ0n) is 16.8. The molecule has 0 amide bonds. The van der Waals surface area contributed by atoms with E-state index in [0.29, 0.717) is 0 Å². The van der Waals surface area contributed by atoms with Crippen LogP contribution >= 0.6 is 0 Å². The van der Waals surface area contributed by atoms with Crippen LogP contribution in [0.1, 0.15) is 57.2 Å². The largest absolute Gasteiger partial charge is 0.504 e. The summed E-state index contributed by atoms with van der Waals surface area (Å²) in [5.41, 5.74) is 6.90. The Morgan fingerprint density at radius 1 is 0.846 bits per heavy atom. The van der Waals surface area contributed by atoms with Gasteiger partial charge in [0.25, 0.3) is 0 Å². The monoisotopic (exact) mass is 350 g/mol. The van der Waals surface area contributed by atoms with Crippen LogP contribution < -0.4 is 4.74 Å². The Bertz CT molecular complexity index is 828. The fourth-order valence-corrected chi connectivity index (χ4v) is 3.96. The standard InChI is InChI=1S/C24H30O2/c1-23(2)12-13-24(3,4)22-15-18(8-10-21(22)23)20-16-19(26-6)9-7-17(20)11-14-25-5/h7-11,14-16H,12-13H2,1-6H3. The Kier molecular flexibility index (Phi) is 4.88. The minimum absolute atomic E-state index is 0.197. The second kappa shape index (κ2) is 6.83. The van der Waals surface area contributed by atoms with Gasteiger partial charge in [0.05, 0.1) is 20.5 Å². The summed E-state index contributed by atoms with van der Waals surface area (Å²) >= 11 is 0. The summed E-state index contributed by atoms with van der Waals surface area (Å²) < 4.78 is 10.6. The molecule has 2 nitrogen and oxygen atoms in total. The molecule has 1 aliphatic rings. The Hall–Kier alpha value is -2.22. The number of ether oxygens (including phenoxy) is 2. The molecule has 0 bridgehead atoms. The zero-order valence-corrected chi connectivity index (χ0v) is 16.8. The first-order valence-electron chi connectivity index (χ1n) is 9.31. The van der Waals surface area contributed by atoms with Crippen molar-refractivity contribution in [2.75, 3.05) is 14.2 Å². The number of hydrogen-bond acceptors (Lipinski definition) is 2. The van der Waals surface area contributed by atoms with Gasteiger partial charge in [-0.25, -0.2) is 0 Å². The summed E-state index contributed by atoms with van der Waals surface area (Å²) in [7, 11) is 3.38. The van der Waals surface area contributed by atoms with E-state index in [1.54, 1.807) is 20.5 Å². The van der Waals surface area contributed by atoms with E-state index in [-0.39, 0.29) is 10.8 Å². The quantitative estimate of drug-likeness (QED) is 0.600. The number of fused-ring (bicyclic) bond motifs is 1. The second-order valence-corrected chi connectivity index (χ2v) is 8.52. The molecule has 0 aliphatic heterocycles. The third-order valence-corrected chi connectivity index (χ3v) is 5.81. The SMILES string of the molecule is COC=Cc1ccc(OC)cc1-c1ccc2c(c1)C(C)(C)CCC2(C)C. The predicted octanol–water partition coefficient (Wildman–Crippen LogP) is 6.33. The fraction of sp³-hybridized carbons (Fsp3) is 0.417. The molecule has 0 heterocycles. The first-order valence-corrected chi connectivity index (χ1v) is 9.31. The highest BCUT2D eigenvalue weighted by Gasteiger charge is 2.37. The predicted molar refractivity (Wildman–Crippen MR) is 110 cm³/mol. The average Bonchev–Trinajstić information content (AvgIpc) is 2.63. The lowest BCUT2D eigenvalue weighted by Gasteiger charge is -2.42. The van der Waals surface area contributed by atoms with Crippen molar-refractivity contribution in [3.05, 3.63) is 59.4 Å². The van der Waals surface area contributed by atoms with Crippen LogP contribution in [-0.4, -0.2) is 14.2 Å². The molecule has 2 heteroatoms. The van der Waals surface area contributed by atoms with Crippen LogP contribution in [0.2, 0.25) is 0 Å². The molecule has 0 saturated carbocycles. The maximum atomic E-state index is 5.47. The van der Waals surface area contributed by atoms with Gasteiger partial charge < -0.3 is 9.47 Å². The smallest absolute Gasteiger partial charge is 0.119 e. The molecule has 0 unspecified atom stereocenters. The van der Waals surface area contributed by atoms with Gasteiger partial charge in [-0.1, -0.05) is 52.0 Å². The third kappa shape index (κ3) is 3.38. The Balaban J connectivity index is 2.18. The summed E-state index contributed by atoms with van der Waals surface area (Å²) in [6.07, 6.45) is 6.17. The number of benzene rings is 2. The Labute approximate surface area is 157 Å². The molecule has 0 radical (unpaired) electrons. The second-order valence-electron chi connectivity index (χ2n) is 8.52. The average molecular weight is 351 g/mol. The van der Waals surface area contributed by atoms with Crippen molar-refractivity contribution in [1.29, 1.82) is 0 Å². The molecule has 0 spiro atoms. The molecular formula is C24H30O2. The van der Waals surface area contributed by atoms with Crippen molar-refractivity contribution in [3.8, 4) is 16.9 Å². The zero-order chi connectivity index (χ0) is 18.9. The van der Waals surface area contributed by atoms with Gasteiger partial charge in [0.15, 0.2) is 0 Å². The highest BCUT2D eigenvalue weighted by molar-refractivity contribution is 5.77. The van der Waals surface area contributed by atoms with Gasteiger partial charge in [-0.3, -0.25) is 0 Å². The van der Waals surface area contributed by atoms with Gasteiger partial charge in [0.1, 0.15) is 5.75 Å². The lowest BCUT2D eigenvalue weighted by molar-refractivity contribution is 0.332. The van der Waals surface area contributed by atoms with E-state index in [2.05, 4.69) is 58.0 Å². The minimum Gasteiger partial charge on any atom is -0.504 e. The molecule has 0 N–H and O–H groups in total. The van der Waals surface area contributed by atoms with Crippen LogP contribution in [-0.2, 0) is 15.6 Å². The van der Waals surface area contributed by atoms with Crippen molar-refractivity contribution >= 4 is 6.08 Å². The van der Waals surface area contributed by atoms with E-state index >= 15 is 0 Å². The molecule has 0 saturated heterocycles. The first kappa shape index (κ1) is 18.6. The lowest BCUT2D eigenvalue weighted by atomic mass is 9.63. The number of hydrogen-bond donors (Lipinski definition) is 0. The normalized spacial score (nSPS) is 17.8. The summed E-state index contributed by atoms with van der Waals surface area (Å²) in [6, 6.07) is 13.1. The Morgan fingerprint density at radius 2 is 1.54 bits per heavy atom. The van der Waals surface area contributed by atoms with Crippen molar-refractivity contribution < 1.29 is 9.47 Å². The van der Waals surface area contributed by atoms with Gasteiger partial charge >= 0.3 is 0 Å². The van der Waals surface area contributed by atoms with Crippen molar-refractivity contribution in [2.24, 2.45) is 0 Å².